The van der Waals surface area contributed by atoms with Crippen LogP contribution in [0.25, 0.3) is 0 Å². The molecule has 0 unspecified atom stereocenters. The molecule has 0 radical (unpaired) electrons. The average molecular weight is 274 g/mol. The van der Waals surface area contributed by atoms with Crippen molar-refractivity contribution in [3.8, 4) is 5.75 Å². The summed E-state index contributed by atoms with van der Waals surface area (Å²) in [6.45, 7) is 6.53. The SMILES string of the molecule is Cc1ccc2c(c1)O[C@@H](C)CN2C(=O)[C@H]1CCCNC1. The van der Waals surface area contributed by atoms with E-state index in [1.54, 1.807) is 0 Å². The lowest BCUT2D eigenvalue weighted by atomic mass is 9.97. The largest absolute Gasteiger partial charge is 0.487 e. The van der Waals surface area contributed by atoms with E-state index in [0.29, 0.717) is 6.54 Å². The van der Waals surface area contributed by atoms with Crippen LogP contribution < -0.4 is 15.0 Å². The molecule has 2 atom stereocenters. The second kappa shape index (κ2) is 5.44. The monoisotopic (exact) mass is 274 g/mol. The van der Waals surface area contributed by atoms with Crippen LogP contribution in [0.3, 0.4) is 0 Å². The fourth-order valence-corrected chi connectivity index (χ4v) is 3.04. The van der Waals surface area contributed by atoms with Crippen LogP contribution in [0, 0.1) is 12.8 Å². The quantitative estimate of drug-likeness (QED) is 0.853. The van der Waals surface area contributed by atoms with Gasteiger partial charge in [0.1, 0.15) is 11.9 Å². The number of carbonyl (C=O) groups is 1. The topological polar surface area (TPSA) is 41.6 Å². The minimum Gasteiger partial charge on any atom is -0.487 e. The lowest BCUT2D eigenvalue weighted by molar-refractivity contribution is -0.123. The van der Waals surface area contributed by atoms with Gasteiger partial charge in [-0.25, -0.2) is 0 Å². The van der Waals surface area contributed by atoms with Crippen LogP contribution in [-0.4, -0.2) is 31.6 Å². The van der Waals surface area contributed by atoms with Crippen LogP contribution in [0.1, 0.15) is 25.3 Å². The summed E-state index contributed by atoms with van der Waals surface area (Å²) in [6, 6.07) is 6.06. The smallest absolute Gasteiger partial charge is 0.231 e. The van der Waals surface area contributed by atoms with E-state index in [0.717, 1.165) is 42.9 Å². The highest BCUT2D eigenvalue weighted by Gasteiger charge is 2.32. The number of anilines is 1. The zero-order valence-corrected chi connectivity index (χ0v) is 12.2. The fraction of sp³-hybridized carbons (Fsp3) is 0.562. The molecule has 2 heterocycles. The van der Waals surface area contributed by atoms with E-state index in [1.165, 1.54) is 0 Å². The number of amides is 1. The van der Waals surface area contributed by atoms with E-state index < -0.39 is 0 Å². The van der Waals surface area contributed by atoms with Gasteiger partial charge in [0, 0.05) is 6.54 Å². The molecular formula is C16H22N2O2. The van der Waals surface area contributed by atoms with E-state index in [9.17, 15) is 4.79 Å². The molecule has 1 amide bonds. The van der Waals surface area contributed by atoms with Gasteiger partial charge in [-0.05, 0) is 50.9 Å². The minimum absolute atomic E-state index is 0.0461. The molecule has 3 rings (SSSR count). The number of carbonyl (C=O) groups excluding carboxylic acids is 1. The maximum atomic E-state index is 12.8. The van der Waals surface area contributed by atoms with E-state index in [-0.39, 0.29) is 17.9 Å². The van der Waals surface area contributed by atoms with Crippen molar-refractivity contribution in [2.75, 3.05) is 24.5 Å². The highest BCUT2D eigenvalue weighted by molar-refractivity contribution is 5.97. The van der Waals surface area contributed by atoms with Crippen LogP contribution >= 0.6 is 0 Å². The van der Waals surface area contributed by atoms with Crippen molar-refractivity contribution in [3.63, 3.8) is 0 Å². The van der Waals surface area contributed by atoms with E-state index in [4.69, 9.17) is 4.74 Å². The Morgan fingerprint density at radius 2 is 2.30 bits per heavy atom. The van der Waals surface area contributed by atoms with Crippen LogP contribution in [0.2, 0.25) is 0 Å². The third-order valence-corrected chi connectivity index (χ3v) is 4.09. The van der Waals surface area contributed by atoms with Gasteiger partial charge in [0.05, 0.1) is 18.2 Å². The van der Waals surface area contributed by atoms with Crippen molar-refractivity contribution in [2.45, 2.75) is 32.8 Å². The van der Waals surface area contributed by atoms with Gasteiger partial charge < -0.3 is 15.0 Å². The first-order valence-electron chi connectivity index (χ1n) is 7.44. The number of rotatable bonds is 1. The lowest BCUT2D eigenvalue weighted by Crippen LogP contribution is -2.48. The summed E-state index contributed by atoms with van der Waals surface area (Å²) in [5, 5.41) is 3.32. The van der Waals surface area contributed by atoms with Gasteiger partial charge in [-0.1, -0.05) is 6.07 Å². The molecule has 4 heteroatoms. The second-order valence-corrected chi connectivity index (χ2v) is 5.89. The van der Waals surface area contributed by atoms with Crippen LogP contribution in [0.4, 0.5) is 5.69 Å². The number of hydrogen-bond donors (Lipinski definition) is 1. The molecule has 0 bridgehead atoms. The Bertz CT molecular complexity index is 509. The first-order valence-corrected chi connectivity index (χ1v) is 7.44. The summed E-state index contributed by atoms with van der Waals surface area (Å²) < 4.78 is 5.87. The van der Waals surface area contributed by atoms with Crippen LogP contribution in [-0.2, 0) is 4.79 Å². The number of ether oxygens (including phenoxy) is 1. The summed E-state index contributed by atoms with van der Waals surface area (Å²) in [7, 11) is 0. The second-order valence-electron chi connectivity index (χ2n) is 5.89. The molecule has 1 aromatic rings. The van der Waals surface area contributed by atoms with Gasteiger partial charge in [-0.15, -0.1) is 0 Å². The van der Waals surface area contributed by atoms with Gasteiger partial charge in [0.2, 0.25) is 5.91 Å². The summed E-state index contributed by atoms with van der Waals surface area (Å²) in [4.78, 5) is 14.7. The van der Waals surface area contributed by atoms with Gasteiger partial charge in [0.15, 0.2) is 0 Å². The lowest BCUT2D eigenvalue weighted by Gasteiger charge is -2.36. The standard InChI is InChI=1S/C16H22N2O2/c1-11-5-6-14-15(8-11)20-12(2)10-18(14)16(19)13-4-3-7-17-9-13/h5-6,8,12-13,17H,3-4,7,9-10H2,1-2H3/t12-,13-/m0/s1. The van der Waals surface area contributed by atoms with Crippen molar-refractivity contribution in [2.24, 2.45) is 5.92 Å². The molecule has 108 valence electrons. The zero-order chi connectivity index (χ0) is 14.1. The van der Waals surface area contributed by atoms with Crippen LogP contribution in [0.15, 0.2) is 18.2 Å². The minimum atomic E-state index is 0.0461. The highest BCUT2D eigenvalue weighted by atomic mass is 16.5. The molecule has 4 nitrogen and oxygen atoms in total. The van der Waals surface area contributed by atoms with Gasteiger partial charge in [-0.3, -0.25) is 4.79 Å². The molecule has 1 N–H and O–H groups in total. The highest BCUT2D eigenvalue weighted by Crippen LogP contribution is 2.35. The Labute approximate surface area is 120 Å². The average Bonchev–Trinajstić information content (AvgIpc) is 2.46. The van der Waals surface area contributed by atoms with Gasteiger partial charge in [-0.2, -0.15) is 0 Å². The summed E-state index contributed by atoms with van der Waals surface area (Å²) in [5.41, 5.74) is 2.08. The Kier molecular flexibility index (Phi) is 3.66. The van der Waals surface area contributed by atoms with Gasteiger partial charge in [0.25, 0.3) is 0 Å². The maximum Gasteiger partial charge on any atom is 0.231 e. The zero-order valence-electron chi connectivity index (χ0n) is 12.2. The molecule has 0 saturated carbocycles. The molecule has 0 spiro atoms. The number of piperidine rings is 1. The number of nitrogens with one attached hydrogen (secondary N) is 1. The molecule has 2 aliphatic rings. The summed E-state index contributed by atoms with van der Waals surface area (Å²) in [5.74, 6) is 1.17. The molecule has 1 saturated heterocycles. The molecular weight excluding hydrogens is 252 g/mol. The number of hydrogen-bond acceptors (Lipinski definition) is 3. The van der Waals surface area contributed by atoms with Crippen molar-refractivity contribution < 1.29 is 9.53 Å². The van der Waals surface area contributed by atoms with Gasteiger partial charge >= 0.3 is 0 Å². The van der Waals surface area contributed by atoms with Crippen molar-refractivity contribution >= 4 is 11.6 Å². The Hall–Kier alpha value is -1.55. The summed E-state index contributed by atoms with van der Waals surface area (Å²) >= 11 is 0. The Morgan fingerprint density at radius 1 is 1.45 bits per heavy atom. The first kappa shape index (κ1) is 13.4. The van der Waals surface area contributed by atoms with Crippen LogP contribution in [0.5, 0.6) is 5.75 Å². The maximum absolute atomic E-state index is 12.8. The van der Waals surface area contributed by atoms with E-state index in [1.807, 2.05) is 36.9 Å². The Balaban J connectivity index is 1.88. The normalized spacial score (nSPS) is 25.8. The van der Waals surface area contributed by atoms with Crippen molar-refractivity contribution in [1.82, 2.24) is 5.32 Å². The molecule has 0 aromatic heterocycles. The number of aryl methyl sites for hydroxylation is 1. The third kappa shape index (κ3) is 2.52. The number of benzene rings is 1. The predicted molar refractivity (Wildman–Crippen MR) is 79.2 cm³/mol. The number of nitrogens with zero attached hydrogens (tertiary/aromatic N) is 1. The molecule has 0 aliphatic carbocycles. The first-order chi connectivity index (χ1) is 9.65. The molecule has 1 fully saturated rings. The van der Waals surface area contributed by atoms with E-state index in [2.05, 4.69) is 5.32 Å². The van der Waals surface area contributed by atoms with Crippen molar-refractivity contribution in [1.29, 1.82) is 0 Å². The predicted octanol–water partition coefficient (Wildman–Crippen LogP) is 2.11. The third-order valence-electron chi connectivity index (χ3n) is 4.09. The Morgan fingerprint density at radius 3 is 3.05 bits per heavy atom. The molecule has 20 heavy (non-hydrogen) atoms. The molecule has 1 aromatic carbocycles. The summed E-state index contributed by atoms with van der Waals surface area (Å²) in [6.07, 6.45) is 2.11. The molecule has 2 aliphatic heterocycles. The fourth-order valence-electron chi connectivity index (χ4n) is 3.04. The van der Waals surface area contributed by atoms with Crippen molar-refractivity contribution in [3.05, 3.63) is 23.8 Å². The number of fused-ring (bicyclic) bond motifs is 1. The van der Waals surface area contributed by atoms with E-state index >= 15 is 0 Å².